The fourth-order valence-electron chi connectivity index (χ4n) is 2.05. The van der Waals surface area contributed by atoms with Gasteiger partial charge in [-0.1, -0.05) is 0 Å². The Labute approximate surface area is 112 Å². The maximum Gasteiger partial charge on any atom is 0.323 e. The van der Waals surface area contributed by atoms with Crippen LogP contribution >= 0.6 is 0 Å². The normalized spacial score (nSPS) is 19.9. The minimum Gasteiger partial charge on any atom is -0.460 e. The van der Waals surface area contributed by atoms with Gasteiger partial charge in [-0.25, -0.2) is 0 Å². The van der Waals surface area contributed by atoms with Crippen molar-refractivity contribution in [2.45, 2.75) is 25.4 Å². The molecule has 0 atom stereocenters. The molecule has 3 rings (SSSR count). The molecular weight excluding hydrogens is 246 g/mol. The van der Waals surface area contributed by atoms with E-state index in [1.54, 1.807) is 7.05 Å². The van der Waals surface area contributed by atoms with Crippen LogP contribution in [0.25, 0.3) is 0 Å². The molecule has 2 aliphatic rings. The van der Waals surface area contributed by atoms with Crippen molar-refractivity contribution in [3.63, 3.8) is 0 Å². The van der Waals surface area contributed by atoms with Crippen molar-refractivity contribution in [3.05, 3.63) is 0 Å². The summed E-state index contributed by atoms with van der Waals surface area (Å²) >= 11 is 0. The van der Waals surface area contributed by atoms with Gasteiger partial charge >= 0.3 is 6.01 Å². The van der Waals surface area contributed by atoms with Crippen molar-refractivity contribution in [3.8, 4) is 6.01 Å². The topological polar surface area (TPSA) is 72.4 Å². The lowest BCUT2D eigenvalue weighted by Gasteiger charge is -2.28. The lowest BCUT2D eigenvalue weighted by molar-refractivity contribution is 0.107. The van der Waals surface area contributed by atoms with Crippen molar-refractivity contribution < 1.29 is 9.47 Å². The maximum atomic E-state index is 5.76. The number of aromatic nitrogens is 3. The zero-order valence-electron chi connectivity index (χ0n) is 11.1. The lowest BCUT2D eigenvalue weighted by Crippen LogP contribution is -2.37. The third-order valence-electron chi connectivity index (χ3n) is 3.44. The molecule has 1 aromatic rings. The first kappa shape index (κ1) is 12.4. The van der Waals surface area contributed by atoms with Gasteiger partial charge in [-0.2, -0.15) is 15.0 Å². The molecule has 0 bridgehead atoms. The van der Waals surface area contributed by atoms with Crippen LogP contribution in [0.3, 0.4) is 0 Å². The molecule has 1 aromatic heterocycles. The molecule has 1 aliphatic carbocycles. The van der Waals surface area contributed by atoms with Crippen LogP contribution in [0.4, 0.5) is 11.9 Å². The third-order valence-corrected chi connectivity index (χ3v) is 3.44. The first-order valence-electron chi connectivity index (χ1n) is 6.78. The molecule has 1 saturated heterocycles. The van der Waals surface area contributed by atoms with Crippen LogP contribution < -0.4 is 15.0 Å². The number of rotatable bonds is 4. The zero-order chi connectivity index (χ0) is 13.1. The summed E-state index contributed by atoms with van der Waals surface area (Å²) < 4.78 is 11.1. The second kappa shape index (κ2) is 5.56. The fraction of sp³-hybridized carbons (Fsp3) is 0.750. The summed E-state index contributed by atoms with van der Waals surface area (Å²) in [5.41, 5.74) is 0. The monoisotopic (exact) mass is 265 g/mol. The molecule has 1 aliphatic heterocycles. The van der Waals surface area contributed by atoms with E-state index in [9.17, 15) is 0 Å². The van der Waals surface area contributed by atoms with Crippen LogP contribution in [0.2, 0.25) is 0 Å². The van der Waals surface area contributed by atoms with Gasteiger partial charge in [0.2, 0.25) is 11.9 Å². The summed E-state index contributed by atoms with van der Waals surface area (Å²) in [5, 5.41) is 2.96. The molecule has 2 fully saturated rings. The van der Waals surface area contributed by atoms with Crippen molar-refractivity contribution in [1.82, 2.24) is 15.0 Å². The van der Waals surface area contributed by atoms with E-state index in [0.717, 1.165) is 25.9 Å². The smallest absolute Gasteiger partial charge is 0.323 e. The number of nitrogens with zero attached hydrogens (tertiary/aromatic N) is 4. The average molecular weight is 265 g/mol. The predicted molar refractivity (Wildman–Crippen MR) is 70.7 cm³/mol. The van der Waals surface area contributed by atoms with Crippen LogP contribution in [0.5, 0.6) is 6.01 Å². The van der Waals surface area contributed by atoms with Crippen LogP contribution in [0, 0.1) is 0 Å². The Balaban J connectivity index is 1.78. The minimum absolute atomic E-state index is 0.268. The Bertz CT molecular complexity index is 432. The summed E-state index contributed by atoms with van der Waals surface area (Å²) in [4.78, 5) is 15.1. The highest BCUT2D eigenvalue weighted by Gasteiger charge is 2.22. The second-order valence-corrected chi connectivity index (χ2v) is 4.76. The van der Waals surface area contributed by atoms with Gasteiger partial charge in [0.1, 0.15) is 6.10 Å². The Kier molecular flexibility index (Phi) is 3.63. The van der Waals surface area contributed by atoms with Gasteiger partial charge in [-0.3, -0.25) is 0 Å². The van der Waals surface area contributed by atoms with E-state index < -0.39 is 0 Å². The maximum absolute atomic E-state index is 5.76. The summed E-state index contributed by atoms with van der Waals surface area (Å²) in [5.74, 6) is 1.21. The van der Waals surface area contributed by atoms with Crippen LogP contribution in [-0.4, -0.2) is 54.4 Å². The molecule has 0 spiro atoms. The largest absolute Gasteiger partial charge is 0.460 e. The molecule has 19 heavy (non-hydrogen) atoms. The fourth-order valence-corrected chi connectivity index (χ4v) is 2.05. The number of ether oxygens (including phenoxy) is 2. The average Bonchev–Trinajstić information content (AvgIpc) is 2.43. The second-order valence-electron chi connectivity index (χ2n) is 4.76. The van der Waals surface area contributed by atoms with E-state index in [1.165, 1.54) is 6.42 Å². The van der Waals surface area contributed by atoms with Gasteiger partial charge < -0.3 is 19.7 Å². The molecule has 1 saturated carbocycles. The molecule has 0 unspecified atom stereocenters. The van der Waals surface area contributed by atoms with Crippen LogP contribution in [0.15, 0.2) is 0 Å². The molecule has 1 N–H and O–H groups in total. The van der Waals surface area contributed by atoms with E-state index in [2.05, 4.69) is 25.2 Å². The number of anilines is 2. The Morgan fingerprint density at radius 3 is 2.63 bits per heavy atom. The predicted octanol–water partition coefficient (Wildman–Crippen LogP) is 0.681. The number of morpholine rings is 1. The number of hydrogen-bond donors (Lipinski definition) is 1. The quantitative estimate of drug-likeness (QED) is 0.858. The van der Waals surface area contributed by atoms with Gasteiger partial charge in [0.25, 0.3) is 0 Å². The van der Waals surface area contributed by atoms with Gasteiger partial charge in [-0.15, -0.1) is 0 Å². The van der Waals surface area contributed by atoms with Crippen molar-refractivity contribution >= 4 is 11.9 Å². The molecule has 0 amide bonds. The highest BCUT2D eigenvalue weighted by molar-refractivity contribution is 5.38. The molecule has 7 heteroatoms. The summed E-state index contributed by atoms with van der Waals surface area (Å²) in [7, 11) is 1.80. The molecule has 2 heterocycles. The number of hydrogen-bond acceptors (Lipinski definition) is 7. The van der Waals surface area contributed by atoms with E-state index in [4.69, 9.17) is 9.47 Å². The highest BCUT2D eigenvalue weighted by atomic mass is 16.5. The molecule has 0 aromatic carbocycles. The summed E-state index contributed by atoms with van der Waals surface area (Å²) in [6.07, 6.45) is 3.68. The summed E-state index contributed by atoms with van der Waals surface area (Å²) in [6.45, 7) is 3.02. The van der Waals surface area contributed by atoms with Crippen molar-refractivity contribution in [2.24, 2.45) is 0 Å². The first-order chi connectivity index (χ1) is 9.35. The van der Waals surface area contributed by atoms with Crippen molar-refractivity contribution in [2.75, 3.05) is 43.6 Å². The van der Waals surface area contributed by atoms with Crippen LogP contribution in [0.1, 0.15) is 19.3 Å². The summed E-state index contributed by atoms with van der Waals surface area (Å²) in [6, 6.07) is 0.422. The highest BCUT2D eigenvalue weighted by Crippen LogP contribution is 2.24. The molecule has 0 radical (unpaired) electrons. The molecule has 104 valence electrons. The third kappa shape index (κ3) is 2.86. The van der Waals surface area contributed by atoms with Crippen LogP contribution in [-0.2, 0) is 4.74 Å². The Morgan fingerprint density at radius 2 is 2.00 bits per heavy atom. The van der Waals surface area contributed by atoms with Gasteiger partial charge in [0.05, 0.1) is 13.2 Å². The van der Waals surface area contributed by atoms with E-state index in [-0.39, 0.29) is 6.10 Å². The van der Waals surface area contributed by atoms with E-state index >= 15 is 0 Å². The Hall–Kier alpha value is -1.63. The number of nitrogens with one attached hydrogen (secondary N) is 1. The van der Waals surface area contributed by atoms with Gasteiger partial charge in [0.15, 0.2) is 0 Å². The minimum atomic E-state index is 0.268. The van der Waals surface area contributed by atoms with Gasteiger partial charge in [0, 0.05) is 20.1 Å². The lowest BCUT2D eigenvalue weighted by atomic mass is 9.96. The SMILES string of the molecule is CNc1nc(OC2CCC2)nc(N2CCOCC2)n1. The van der Waals surface area contributed by atoms with E-state index in [1.807, 2.05) is 0 Å². The Morgan fingerprint density at radius 1 is 1.21 bits per heavy atom. The molecular formula is C12H19N5O2. The zero-order valence-corrected chi connectivity index (χ0v) is 11.1. The van der Waals surface area contributed by atoms with Crippen molar-refractivity contribution in [1.29, 1.82) is 0 Å². The molecule has 7 nitrogen and oxygen atoms in total. The van der Waals surface area contributed by atoms with Gasteiger partial charge in [-0.05, 0) is 19.3 Å². The first-order valence-corrected chi connectivity index (χ1v) is 6.78. The van der Waals surface area contributed by atoms with E-state index in [0.29, 0.717) is 31.1 Å². The standard InChI is InChI=1S/C12H19N5O2/c1-13-10-14-11(17-5-7-18-8-6-17)16-12(15-10)19-9-3-2-4-9/h9H,2-8H2,1H3,(H,13,14,15,16).